The number of carbonyl (C=O) groups excluding carboxylic acids is 3. The van der Waals surface area contributed by atoms with Gasteiger partial charge >= 0.3 is 6.09 Å². The van der Waals surface area contributed by atoms with E-state index in [-0.39, 0.29) is 18.1 Å². The largest absolute Gasteiger partial charge is 0.482 e. The van der Waals surface area contributed by atoms with Crippen molar-refractivity contribution in [3.8, 4) is 5.75 Å². The SMILES string of the molecule is CC(C)(C)OC(=O)NNC(=O)c1ccc2c(c1)OCC(=O)N2. The normalized spacial score (nSPS) is 13.3. The zero-order valence-corrected chi connectivity index (χ0v) is 12.5. The van der Waals surface area contributed by atoms with Crippen molar-refractivity contribution >= 4 is 23.6 Å². The fourth-order valence-electron chi connectivity index (χ4n) is 1.70. The van der Waals surface area contributed by atoms with E-state index < -0.39 is 17.6 Å². The maximum atomic E-state index is 11.9. The zero-order chi connectivity index (χ0) is 16.3. The van der Waals surface area contributed by atoms with Crippen LogP contribution in [0.25, 0.3) is 0 Å². The molecule has 1 heterocycles. The molecular formula is C14H17N3O5. The fourth-order valence-corrected chi connectivity index (χ4v) is 1.70. The number of fused-ring (bicyclic) bond motifs is 1. The van der Waals surface area contributed by atoms with E-state index in [1.165, 1.54) is 12.1 Å². The number of hydrogen-bond acceptors (Lipinski definition) is 5. The van der Waals surface area contributed by atoms with Crippen LogP contribution >= 0.6 is 0 Å². The van der Waals surface area contributed by atoms with Crippen LogP contribution in [-0.2, 0) is 9.53 Å². The molecular weight excluding hydrogens is 290 g/mol. The van der Waals surface area contributed by atoms with Gasteiger partial charge in [-0.2, -0.15) is 0 Å². The van der Waals surface area contributed by atoms with Crippen LogP contribution in [-0.4, -0.2) is 30.1 Å². The standard InChI is InChI=1S/C14H17N3O5/c1-14(2,3)22-13(20)17-16-12(19)8-4-5-9-10(6-8)21-7-11(18)15-9/h4-6H,7H2,1-3H3,(H,15,18)(H,16,19)(H,17,20). The number of amides is 3. The van der Waals surface area contributed by atoms with Crippen molar-refractivity contribution < 1.29 is 23.9 Å². The molecule has 1 aromatic carbocycles. The van der Waals surface area contributed by atoms with E-state index in [0.29, 0.717) is 11.4 Å². The van der Waals surface area contributed by atoms with Gasteiger partial charge in [0, 0.05) is 5.56 Å². The second-order valence-electron chi connectivity index (χ2n) is 5.63. The number of nitrogens with one attached hydrogen (secondary N) is 3. The van der Waals surface area contributed by atoms with Crippen molar-refractivity contribution in [3.05, 3.63) is 23.8 Å². The predicted octanol–water partition coefficient (Wildman–Crippen LogP) is 1.19. The first-order valence-electron chi connectivity index (χ1n) is 6.61. The van der Waals surface area contributed by atoms with Crippen molar-refractivity contribution in [1.29, 1.82) is 0 Å². The summed E-state index contributed by atoms with van der Waals surface area (Å²) in [7, 11) is 0. The molecule has 1 aliphatic rings. The smallest absolute Gasteiger partial charge is 0.426 e. The maximum absolute atomic E-state index is 11.9. The minimum absolute atomic E-state index is 0.103. The van der Waals surface area contributed by atoms with Gasteiger partial charge in [0.15, 0.2) is 6.61 Å². The summed E-state index contributed by atoms with van der Waals surface area (Å²) in [5.74, 6) is -0.394. The van der Waals surface area contributed by atoms with Gasteiger partial charge in [-0.25, -0.2) is 10.2 Å². The molecule has 22 heavy (non-hydrogen) atoms. The lowest BCUT2D eigenvalue weighted by atomic mass is 10.1. The summed E-state index contributed by atoms with van der Waals surface area (Å²) in [5, 5.41) is 2.62. The molecule has 0 atom stereocenters. The van der Waals surface area contributed by atoms with Crippen molar-refractivity contribution in [3.63, 3.8) is 0 Å². The molecule has 0 bridgehead atoms. The summed E-state index contributed by atoms with van der Waals surface area (Å²) in [6, 6.07) is 4.52. The number of anilines is 1. The molecule has 0 spiro atoms. The molecule has 0 unspecified atom stereocenters. The lowest BCUT2D eigenvalue weighted by molar-refractivity contribution is -0.118. The first-order chi connectivity index (χ1) is 10.2. The van der Waals surface area contributed by atoms with Crippen LogP contribution in [0.15, 0.2) is 18.2 Å². The first-order valence-corrected chi connectivity index (χ1v) is 6.61. The number of ether oxygens (including phenoxy) is 2. The molecule has 1 aliphatic heterocycles. The van der Waals surface area contributed by atoms with Crippen LogP contribution in [0.5, 0.6) is 5.75 Å². The molecule has 0 fully saturated rings. The second-order valence-corrected chi connectivity index (χ2v) is 5.63. The zero-order valence-electron chi connectivity index (χ0n) is 12.5. The van der Waals surface area contributed by atoms with Gasteiger partial charge in [-0.15, -0.1) is 0 Å². The van der Waals surface area contributed by atoms with Crippen LogP contribution in [0.4, 0.5) is 10.5 Å². The van der Waals surface area contributed by atoms with Gasteiger partial charge in [0.05, 0.1) is 5.69 Å². The number of hydrazine groups is 1. The van der Waals surface area contributed by atoms with E-state index >= 15 is 0 Å². The van der Waals surface area contributed by atoms with Gasteiger partial charge in [0.25, 0.3) is 11.8 Å². The summed E-state index contributed by atoms with van der Waals surface area (Å²) in [6.07, 6.45) is -0.762. The Hall–Kier alpha value is -2.77. The first kappa shape index (κ1) is 15.6. The van der Waals surface area contributed by atoms with E-state index in [2.05, 4.69) is 16.2 Å². The molecule has 3 amide bonds. The molecule has 0 aliphatic carbocycles. The van der Waals surface area contributed by atoms with Crippen molar-refractivity contribution in [2.24, 2.45) is 0 Å². The summed E-state index contributed by atoms with van der Waals surface area (Å²) in [4.78, 5) is 34.5. The van der Waals surface area contributed by atoms with Gasteiger partial charge < -0.3 is 14.8 Å². The molecule has 8 nitrogen and oxygen atoms in total. The van der Waals surface area contributed by atoms with E-state index in [1.807, 2.05) is 0 Å². The lowest BCUT2D eigenvalue weighted by Crippen LogP contribution is -2.44. The Kier molecular flexibility index (Phi) is 4.20. The Balaban J connectivity index is 1.96. The van der Waals surface area contributed by atoms with Crippen molar-refractivity contribution in [2.45, 2.75) is 26.4 Å². The third kappa shape index (κ3) is 4.11. The van der Waals surface area contributed by atoms with Crippen LogP contribution in [0.2, 0.25) is 0 Å². The van der Waals surface area contributed by atoms with Gasteiger partial charge in [-0.3, -0.25) is 15.0 Å². The second kappa shape index (κ2) is 5.92. The molecule has 1 aromatic rings. The monoisotopic (exact) mass is 307 g/mol. The van der Waals surface area contributed by atoms with Crippen molar-refractivity contribution in [2.75, 3.05) is 11.9 Å². The quantitative estimate of drug-likeness (QED) is 0.676. The Bertz CT molecular complexity index is 621. The number of carbonyl (C=O) groups is 3. The van der Waals surface area contributed by atoms with Crippen LogP contribution in [0.1, 0.15) is 31.1 Å². The maximum Gasteiger partial charge on any atom is 0.426 e. The lowest BCUT2D eigenvalue weighted by Gasteiger charge is -2.20. The minimum atomic E-state index is -0.762. The molecule has 118 valence electrons. The van der Waals surface area contributed by atoms with E-state index in [9.17, 15) is 14.4 Å². The van der Waals surface area contributed by atoms with Gasteiger partial charge in [-0.1, -0.05) is 0 Å². The van der Waals surface area contributed by atoms with E-state index in [0.717, 1.165) is 0 Å². The average Bonchev–Trinajstić information content (AvgIpc) is 2.42. The highest BCUT2D eigenvalue weighted by molar-refractivity contribution is 5.99. The Morgan fingerprint density at radius 2 is 2.00 bits per heavy atom. The van der Waals surface area contributed by atoms with Crippen LogP contribution in [0.3, 0.4) is 0 Å². The molecule has 0 aromatic heterocycles. The summed E-state index contributed by atoms with van der Waals surface area (Å²) in [6.45, 7) is 5.03. The van der Waals surface area contributed by atoms with Gasteiger partial charge in [-0.05, 0) is 39.0 Å². The molecule has 3 N–H and O–H groups in total. The highest BCUT2D eigenvalue weighted by Crippen LogP contribution is 2.28. The molecule has 0 radical (unpaired) electrons. The summed E-state index contributed by atoms with van der Waals surface area (Å²) in [5.41, 5.74) is 4.49. The number of hydrogen-bond donors (Lipinski definition) is 3. The van der Waals surface area contributed by atoms with E-state index in [1.54, 1.807) is 26.8 Å². The minimum Gasteiger partial charge on any atom is -0.482 e. The van der Waals surface area contributed by atoms with Gasteiger partial charge in [0.2, 0.25) is 0 Å². The molecule has 8 heteroatoms. The van der Waals surface area contributed by atoms with E-state index in [4.69, 9.17) is 9.47 Å². The molecule has 0 saturated heterocycles. The van der Waals surface area contributed by atoms with Gasteiger partial charge in [0.1, 0.15) is 11.4 Å². The summed E-state index contributed by atoms with van der Waals surface area (Å²) < 4.78 is 10.2. The van der Waals surface area contributed by atoms with Crippen LogP contribution < -0.4 is 20.9 Å². The third-order valence-electron chi connectivity index (χ3n) is 2.55. The highest BCUT2D eigenvalue weighted by Gasteiger charge is 2.19. The fraction of sp³-hybridized carbons (Fsp3) is 0.357. The molecule has 0 saturated carbocycles. The van der Waals surface area contributed by atoms with Crippen molar-refractivity contribution in [1.82, 2.24) is 10.9 Å². The Labute approximate surface area is 127 Å². The topological polar surface area (TPSA) is 106 Å². The Morgan fingerprint density at radius 1 is 1.27 bits per heavy atom. The number of rotatable bonds is 1. The average molecular weight is 307 g/mol. The highest BCUT2D eigenvalue weighted by atomic mass is 16.6. The molecule has 2 rings (SSSR count). The predicted molar refractivity (Wildman–Crippen MR) is 77.4 cm³/mol. The third-order valence-corrected chi connectivity index (χ3v) is 2.55. The summed E-state index contributed by atoms with van der Waals surface area (Å²) >= 11 is 0. The Morgan fingerprint density at radius 3 is 2.68 bits per heavy atom. The van der Waals surface area contributed by atoms with Crippen LogP contribution in [0, 0.1) is 0 Å². The number of benzene rings is 1.